The molecule has 2 atom stereocenters. The number of carbonyl (C=O) groups excluding carboxylic acids is 1. The van der Waals surface area contributed by atoms with Crippen LogP contribution in [0.3, 0.4) is 0 Å². The van der Waals surface area contributed by atoms with E-state index in [9.17, 15) is 14.7 Å². The van der Waals surface area contributed by atoms with E-state index in [0.717, 1.165) is 164 Å². The van der Waals surface area contributed by atoms with Crippen molar-refractivity contribution < 1.29 is 28.5 Å². The lowest BCUT2D eigenvalue weighted by molar-refractivity contribution is 0.0593. The fourth-order valence-corrected chi connectivity index (χ4v) is 12.0. The van der Waals surface area contributed by atoms with Gasteiger partial charge >= 0.3 is 11.9 Å². The normalized spacial score (nSPS) is 18.2. The van der Waals surface area contributed by atoms with Crippen molar-refractivity contribution in [2.45, 2.75) is 76.3 Å². The number of hydrogen-bond donors (Lipinski definition) is 1. The van der Waals surface area contributed by atoms with Crippen LogP contribution in [0.5, 0.6) is 0 Å². The van der Waals surface area contributed by atoms with E-state index in [1.165, 1.54) is 7.11 Å². The van der Waals surface area contributed by atoms with Crippen molar-refractivity contribution in [1.82, 2.24) is 30.1 Å². The van der Waals surface area contributed by atoms with Crippen molar-refractivity contribution in [2.24, 2.45) is 0 Å². The number of esters is 1. The molecule has 2 saturated carbocycles. The summed E-state index contributed by atoms with van der Waals surface area (Å²) in [6.07, 6.45) is 6.19. The molecule has 77 heavy (non-hydrogen) atoms. The summed E-state index contributed by atoms with van der Waals surface area (Å²) < 4.78 is 16.5. The number of carboxylic acids is 1. The molecular formula is C59H58Cl4N8O6. The number of carboxylic acid groups (broad SMARTS) is 1. The average Bonchev–Trinajstić information content (AvgIpc) is 4.43. The summed E-state index contributed by atoms with van der Waals surface area (Å²) in [6, 6.07) is 31.0. The molecule has 2 unspecified atom stereocenters. The highest BCUT2D eigenvalue weighted by Crippen LogP contribution is 2.48. The summed E-state index contributed by atoms with van der Waals surface area (Å²) in [5, 5.41) is 22.4. The molecule has 8 aromatic rings. The Morgan fingerprint density at radius 1 is 0.597 bits per heavy atom. The van der Waals surface area contributed by atoms with Gasteiger partial charge in [-0.3, -0.25) is 9.80 Å². The predicted octanol–water partition coefficient (Wildman–Crippen LogP) is 13.1. The van der Waals surface area contributed by atoms with E-state index in [2.05, 4.69) is 71.9 Å². The van der Waals surface area contributed by atoms with Crippen LogP contribution in [-0.2, 0) is 17.6 Å². The van der Waals surface area contributed by atoms with E-state index in [4.69, 9.17) is 60.2 Å². The first kappa shape index (κ1) is 52.8. The van der Waals surface area contributed by atoms with Crippen molar-refractivity contribution in [3.05, 3.63) is 151 Å². The number of pyridine rings is 2. The van der Waals surface area contributed by atoms with Crippen LogP contribution in [0.4, 0.5) is 11.4 Å². The highest BCUT2D eigenvalue weighted by molar-refractivity contribution is 6.39. The molecule has 0 amide bonds. The summed E-state index contributed by atoms with van der Waals surface area (Å²) in [6.45, 7) is 11.9. The Bertz CT molecular complexity index is 3470. The van der Waals surface area contributed by atoms with Gasteiger partial charge in [0.1, 0.15) is 34.3 Å². The number of nitrogens with zero attached hydrogens (tertiary/aromatic N) is 8. The molecule has 4 aromatic carbocycles. The molecular weight excluding hydrogens is 1060 g/mol. The Balaban J connectivity index is 0.000000164. The van der Waals surface area contributed by atoms with Gasteiger partial charge in [0.15, 0.2) is 0 Å². The lowest BCUT2D eigenvalue weighted by atomic mass is 10.0. The summed E-state index contributed by atoms with van der Waals surface area (Å²) in [7, 11) is 1.36. The average molecular weight is 1120 g/mol. The molecule has 4 aliphatic rings. The Morgan fingerprint density at radius 2 is 1.03 bits per heavy atom. The van der Waals surface area contributed by atoms with Gasteiger partial charge in [0, 0.05) is 121 Å². The Morgan fingerprint density at radius 3 is 1.43 bits per heavy atom. The van der Waals surface area contributed by atoms with E-state index in [1.54, 1.807) is 12.1 Å². The number of carbonyl (C=O) groups is 2. The zero-order valence-electron chi connectivity index (χ0n) is 43.0. The first-order valence-electron chi connectivity index (χ1n) is 26.3. The second kappa shape index (κ2) is 22.6. The van der Waals surface area contributed by atoms with Gasteiger partial charge in [-0.05, 0) is 125 Å². The molecule has 6 heterocycles. The quantitative estimate of drug-likeness (QED) is 0.103. The fourth-order valence-electron chi connectivity index (χ4n) is 10.9. The molecule has 14 nitrogen and oxygen atoms in total. The summed E-state index contributed by atoms with van der Waals surface area (Å²) >= 11 is 26.2. The van der Waals surface area contributed by atoms with E-state index in [1.807, 2.05) is 66.7 Å². The van der Waals surface area contributed by atoms with Crippen molar-refractivity contribution in [3.63, 3.8) is 0 Å². The van der Waals surface area contributed by atoms with Gasteiger partial charge < -0.3 is 28.7 Å². The van der Waals surface area contributed by atoms with Crippen molar-refractivity contribution in [3.8, 4) is 22.5 Å². The van der Waals surface area contributed by atoms with E-state index >= 15 is 0 Å². The van der Waals surface area contributed by atoms with Crippen molar-refractivity contribution >= 4 is 91.5 Å². The number of ether oxygens (including phenoxy) is 1. The minimum Gasteiger partial charge on any atom is -0.477 e. The number of anilines is 2. The Labute approximate surface area is 466 Å². The highest BCUT2D eigenvalue weighted by atomic mass is 35.5. The topological polar surface area (TPSA) is 154 Å². The number of piperazine rings is 2. The third-order valence-electron chi connectivity index (χ3n) is 15.5. The SMILES string of the molecule is CC1CN(c2ccc3nc(C(=O)O)ccc3c2)CCN1CCc1c(-c2c(Cl)cccc2Cl)noc1C1CC1.COC(=O)c1ccc2cc(N3CCN(CCc4c(-c5c(Cl)cccc5Cl)noc4C4CC4)C(C)C3)ccc2n1. The Kier molecular flexibility index (Phi) is 15.5. The van der Waals surface area contributed by atoms with E-state index in [0.29, 0.717) is 55.2 Å². The second-order valence-corrected chi connectivity index (χ2v) is 22.2. The van der Waals surface area contributed by atoms with Gasteiger partial charge in [-0.15, -0.1) is 0 Å². The minimum atomic E-state index is -1.02. The van der Waals surface area contributed by atoms with Crippen molar-refractivity contribution in [2.75, 3.05) is 69.3 Å². The van der Waals surface area contributed by atoms with Crippen LogP contribution in [0, 0.1) is 0 Å². The van der Waals surface area contributed by atoms with Gasteiger partial charge in [-0.1, -0.05) is 81.0 Å². The molecule has 4 fully saturated rings. The molecule has 2 saturated heterocycles. The molecule has 2 aliphatic heterocycles. The third-order valence-corrected chi connectivity index (χ3v) is 16.7. The molecule has 398 valence electrons. The number of fused-ring (bicyclic) bond motifs is 2. The zero-order valence-corrected chi connectivity index (χ0v) is 46.0. The highest BCUT2D eigenvalue weighted by Gasteiger charge is 2.36. The number of rotatable bonds is 14. The largest absolute Gasteiger partial charge is 0.477 e. The third kappa shape index (κ3) is 11.4. The van der Waals surface area contributed by atoms with Crippen LogP contribution in [0.25, 0.3) is 44.3 Å². The zero-order chi connectivity index (χ0) is 53.5. The monoisotopic (exact) mass is 1110 g/mol. The standard InChI is InChI=1S/C30H30Cl2N4O3.C29H28Cl2N4O3/c1-18-17-36(21-9-11-25-20(16-21)8-10-26(33-25)30(37)38-2)15-14-35(18)13-12-22-28(34-39-29(22)19-6-7-19)27-23(31)4-3-5-24(27)32;1-17-16-35(20-8-10-24-19(15-20)7-9-25(32-24)29(36)37)14-13-34(17)12-11-21-27(33-38-28(21)18-5-6-18)26-22(30)3-2-4-23(26)31/h3-5,8-11,16,18-19H,6-7,12-15,17H2,1-2H3;2-4,7-10,15,17-18H,5-6,11-14,16H2,1H3,(H,36,37). The maximum atomic E-state index is 11.8. The molecule has 0 spiro atoms. The second-order valence-electron chi connectivity index (χ2n) is 20.6. The summed E-state index contributed by atoms with van der Waals surface area (Å²) in [5.41, 5.74) is 9.45. The lowest BCUT2D eigenvalue weighted by Crippen LogP contribution is -2.52. The van der Waals surface area contributed by atoms with E-state index in [-0.39, 0.29) is 5.69 Å². The molecule has 18 heteroatoms. The molecule has 2 aliphatic carbocycles. The molecule has 4 aromatic heterocycles. The number of hydrogen-bond acceptors (Lipinski definition) is 13. The molecule has 1 N–H and O–H groups in total. The van der Waals surface area contributed by atoms with Gasteiger partial charge in [0.25, 0.3) is 0 Å². The van der Waals surface area contributed by atoms with Gasteiger partial charge in [0.2, 0.25) is 0 Å². The molecule has 0 bridgehead atoms. The van der Waals surface area contributed by atoms with Crippen LogP contribution in [-0.4, -0.2) is 119 Å². The van der Waals surface area contributed by atoms with Gasteiger partial charge in [-0.25, -0.2) is 19.6 Å². The Hall–Kier alpha value is -6.26. The maximum absolute atomic E-state index is 11.8. The number of halogens is 4. The number of aromatic carboxylic acids is 1. The smallest absolute Gasteiger partial charge is 0.356 e. The van der Waals surface area contributed by atoms with E-state index < -0.39 is 11.9 Å². The fraction of sp³-hybridized carbons (Fsp3) is 0.356. The number of methoxy groups -OCH3 is 1. The number of benzene rings is 4. The molecule has 0 radical (unpaired) electrons. The van der Waals surface area contributed by atoms with Crippen LogP contribution < -0.4 is 9.80 Å². The van der Waals surface area contributed by atoms with Crippen LogP contribution in [0.1, 0.15) is 95.0 Å². The maximum Gasteiger partial charge on any atom is 0.356 e. The number of aromatic nitrogens is 4. The van der Waals surface area contributed by atoms with Crippen LogP contribution >= 0.6 is 46.4 Å². The summed E-state index contributed by atoms with van der Waals surface area (Å²) in [5.74, 6) is 1.42. The van der Waals surface area contributed by atoms with Crippen LogP contribution in [0.2, 0.25) is 20.1 Å². The van der Waals surface area contributed by atoms with Crippen molar-refractivity contribution in [1.29, 1.82) is 0 Å². The lowest BCUT2D eigenvalue weighted by Gasteiger charge is -2.41. The van der Waals surface area contributed by atoms with Crippen LogP contribution in [0.15, 0.2) is 106 Å². The molecule has 12 rings (SSSR count). The van der Waals surface area contributed by atoms with Gasteiger partial charge in [-0.2, -0.15) is 0 Å². The minimum absolute atomic E-state index is 0.0603. The predicted molar refractivity (Wildman–Crippen MR) is 304 cm³/mol. The first-order chi connectivity index (χ1) is 37.3. The first-order valence-corrected chi connectivity index (χ1v) is 27.8. The summed E-state index contributed by atoms with van der Waals surface area (Å²) in [4.78, 5) is 41.6. The van der Waals surface area contributed by atoms with Gasteiger partial charge in [0.05, 0.1) is 38.2 Å².